The van der Waals surface area contributed by atoms with Gasteiger partial charge in [-0.3, -0.25) is 4.79 Å². The maximum Gasteiger partial charge on any atom is 0.325 e. The topological polar surface area (TPSA) is 122 Å². The molecule has 2 rings (SSSR count). The summed E-state index contributed by atoms with van der Waals surface area (Å²) in [5.41, 5.74) is 2.96. The average molecular weight is 296 g/mol. The molecule has 0 aromatic carbocycles. The molecule has 0 bridgehead atoms. The highest BCUT2D eigenvalue weighted by molar-refractivity contribution is 7.07. The molecular weight excluding hydrogens is 284 g/mol. The van der Waals surface area contributed by atoms with Gasteiger partial charge < -0.3 is 15.7 Å². The molecule has 0 radical (unpaired) electrons. The van der Waals surface area contributed by atoms with E-state index in [9.17, 15) is 9.59 Å². The number of carboxylic acid groups (broad SMARTS) is 1. The number of hydrogen-bond donors (Lipinski definition) is 3. The summed E-state index contributed by atoms with van der Waals surface area (Å²) in [7, 11) is 0. The zero-order valence-electron chi connectivity index (χ0n) is 10.3. The summed E-state index contributed by atoms with van der Waals surface area (Å²) < 4.78 is 1.19. The van der Waals surface area contributed by atoms with E-state index in [1.54, 1.807) is 5.51 Å². The predicted octanol–water partition coefficient (Wildman–Crippen LogP) is -0.181. The molecule has 3 N–H and O–H groups in total. The number of nitrogens with one attached hydrogen (secondary N) is 2. The van der Waals surface area contributed by atoms with Crippen molar-refractivity contribution in [1.29, 1.82) is 0 Å². The summed E-state index contributed by atoms with van der Waals surface area (Å²) in [6, 6.07) is -0.356. The van der Waals surface area contributed by atoms with Crippen molar-refractivity contribution in [3.8, 4) is 0 Å². The summed E-state index contributed by atoms with van der Waals surface area (Å²) >= 11 is 1.46. The van der Waals surface area contributed by atoms with Gasteiger partial charge in [0.05, 0.1) is 30.5 Å². The van der Waals surface area contributed by atoms with Gasteiger partial charge in [-0.1, -0.05) is 5.21 Å². The van der Waals surface area contributed by atoms with Crippen molar-refractivity contribution < 1.29 is 14.7 Å². The quantitative estimate of drug-likeness (QED) is 0.679. The van der Waals surface area contributed by atoms with E-state index >= 15 is 0 Å². The van der Waals surface area contributed by atoms with Gasteiger partial charge in [0.1, 0.15) is 12.2 Å². The van der Waals surface area contributed by atoms with Crippen molar-refractivity contribution in [3.63, 3.8) is 0 Å². The second-order valence-electron chi connectivity index (χ2n) is 3.82. The van der Waals surface area contributed by atoms with Crippen LogP contribution in [0.5, 0.6) is 0 Å². The Bertz CT molecular complexity index is 582. The number of carboxylic acids is 1. The van der Waals surface area contributed by atoms with Gasteiger partial charge in [-0.2, -0.15) is 0 Å². The van der Waals surface area contributed by atoms with Crippen LogP contribution in [-0.2, 0) is 24.4 Å². The molecule has 0 saturated carbocycles. The van der Waals surface area contributed by atoms with Gasteiger partial charge >= 0.3 is 12.0 Å². The highest BCUT2D eigenvalue weighted by Crippen LogP contribution is 1.99. The fraction of sp³-hybridized carbons (Fsp3) is 0.300. The van der Waals surface area contributed by atoms with Crippen LogP contribution in [-0.4, -0.2) is 37.1 Å². The molecule has 0 spiro atoms. The fourth-order valence-corrected chi connectivity index (χ4v) is 1.92. The van der Waals surface area contributed by atoms with E-state index in [0.29, 0.717) is 12.2 Å². The highest BCUT2D eigenvalue weighted by atomic mass is 32.1. The van der Waals surface area contributed by atoms with Gasteiger partial charge in [-0.25, -0.2) is 14.5 Å². The zero-order valence-corrected chi connectivity index (χ0v) is 11.1. The van der Waals surface area contributed by atoms with Gasteiger partial charge in [0.15, 0.2) is 0 Å². The lowest BCUT2D eigenvalue weighted by molar-refractivity contribution is -0.137. The molecule has 0 aliphatic heterocycles. The number of aromatic nitrogens is 4. The molecular formula is C10H12N6O3S. The van der Waals surface area contributed by atoms with Crippen molar-refractivity contribution in [2.75, 3.05) is 0 Å². The zero-order chi connectivity index (χ0) is 14.4. The molecule has 0 aliphatic carbocycles. The Kier molecular flexibility index (Phi) is 4.60. The maximum atomic E-state index is 11.5. The van der Waals surface area contributed by atoms with Crippen molar-refractivity contribution in [3.05, 3.63) is 28.5 Å². The lowest BCUT2D eigenvalue weighted by atomic mass is 10.4. The normalized spacial score (nSPS) is 10.2. The molecule has 2 heterocycles. The Balaban J connectivity index is 1.72. The van der Waals surface area contributed by atoms with Crippen LogP contribution in [0, 0.1) is 0 Å². The SMILES string of the molecule is O=C(O)Cn1cc(CNC(=O)NCc2cscn2)nn1. The number of hydrogen-bond acceptors (Lipinski definition) is 6. The average Bonchev–Trinajstić information content (AvgIpc) is 3.04. The molecule has 106 valence electrons. The first-order chi connectivity index (χ1) is 9.63. The van der Waals surface area contributed by atoms with E-state index in [0.717, 1.165) is 5.69 Å². The molecule has 2 amide bonds. The summed E-state index contributed by atoms with van der Waals surface area (Å²) in [6.45, 7) is 0.257. The third-order valence-corrected chi connectivity index (χ3v) is 2.86. The van der Waals surface area contributed by atoms with Crippen LogP contribution < -0.4 is 10.6 Å². The molecule has 0 atom stereocenters. The van der Waals surface area contributed by atoms with E-state index in [-0.39, 0.29) is 19.1 Å². The van der Waals surface area contributed by atoms with Gasteiger partial charge in [-0.05, 0) is 0 Å². The first-order valence-electron chi connectivity index (χ1n) is 5.63. The number of amides is 2. The van der Waals surface area contributed by atoms with E-state index in [4.69, 9.17) is 5.11 Å². The Labute approximate surface area is 117 Å². The van der Waals surface area contributed by atoms with Crippen molar-refractivity contribution in [2.24, 2.45) is 0 Å². The van der Waals surface area contributed by atoms with E-state index in [2.05, 4.69) is 25.9 Å². The van der Waals surface area contributed by atoms with Crippen LogP contribution in [0.2, 0.25) is 0 Å². The van der Waals surface area contributed by atoms with E-state index in [1.807, 2.05) is 5.38 Å². The second-order valence-corrected chi connectivity index (χ2v) is 4.54. The second kappa shape index (κ2) is 6.61. The highest BCUT2D eigenvalue weighted by Gasteiger charge is 2.06. The van der Waals surface area contributed by atoms with Crippen LogP contribution in [0.1, 0.15) is 11.4 Å². The standard InChI is InChI=1S/C10H12N6O3S/c17-9(18)4-16-3-7(14-15-16)1-11-10(19)12-2-8-5-20-6-13-8/h3,5-6H,1-2,4H2,(H,17,18)(H2,11,12,19). The van der Waals surface area contributed by atoms with E-state index in [1.165, 1.54) is 22.2 Å². The smallest absolute Gasteiger partial charge is 0.325 e. The summed E-state index contributed by atoms with van der Waals surface area (Å²) in [5, 5.41) is 23.0. The number of aliphatic carboxylic acids is 1. The minimum atomic E-state index is -1.00. The van der Waals surface area contributed by atoms with Gasteiger partial charge in [0.25, 0.3) is 0 Å². The lowest BCUT2D eigenvalue weighted by Crippen LogP contribution is -2.34. The molecule has 0 fully saturated rings. The molecule has 2 aromatic rings. The summed E-state index contributed by atoms with van der Waals surface area (Å²) in [6.07, 6.45) is 1.47. The van der Waals surface area contributed by atoms with Gasteiger partial charge in [-0.15, -0.1) is 16.4 Å². The van der Waals surface area contributed by atoms with Crippen LogP contribution >= 0.6 is 11.3 Å². The van der Waals surface area contributed by atoms with Gasteiger partial charge in [0, 0.05) is 5.38 Å². The summed E-state index contributed by atoms with van der Waals surface area (Å²) in [4.78, 5) is 26.0. The molecule has 0 unspecified atom stereocenters. The molecule has 0 saturated heterocycles. The molecule has 0 aliphatic rings. The first kappa shape index (κ1) is 13.9. The molecule has 10 heteroatoms. The number of thiazole rings is 1. The molecule has 2 aromatic heterocycles. The Hall–Kier alpha value is -2.49. The minimum absolute atomic E-state index is 0.169. The van der Waals surface area contributed by atoms with Gasteiger partial charge in [0.2, 0.25) is 0 Å². The fourth-order valence-electron chi connectivity index (χ4n) is 1.36. The number of carbonyl (C=O) groups excluding carboxylic acids is 1. The monoisotopic (exact) mass is 296 g/mol. The van der Waals surface area contributed by atoms with Crippen LogP contribution in [0.4, 0.5) is 4.79 Å². The molecule has 20 heavy (non-hydrogen) atoms. The number of rotatable bonds is 6. The largest absolute Gasteiger partial charge is 0.480 e. The van der Waals surface area contributed by atoms with Crippen molar-refractivity contribution in [1.82, 2.24) is 30.6 Å². The third kappa shape index (κ3) is 4.31. The van der Waals surface area contributed by atoms with Crippen molar-refractivity contribution >= 4 is 23.3 Å². The van der Waals surface area contributed by atoms with Crippen LogP contribution in [0.3, 0.4) is 0 Å². The minimum Gasteiger partial charge on any atom is -0.480 e. The number of nitrogens with zero attached hydrogens (tertiary/aromatic N) is 4. The lowest BCUT2D eigenvalue weighted by Gasteiger charge is -2.04. The Morgan fingerprint density at radius 1 is 1.30 bits per heavy atom. The predicted molar refractivity (Wildman–Crippen MR) is 68.8 cm³/mol. The van der Waals surface area contributed by atoms with Crippen molar-refractivity contribution in [2.45, 2.75) is 19.6 Å². The third-order valence-electron chi connectivity index (χ3n) is 2.23. The van der Waals surface area contributed by atoms with Crippen LogP contribution in [0.25, 0.3) is 0 Å². The number of carbonyl (C=O) groups is 2. The maximum absolute atomic E-state index is 11.5. The van der Waals surface area contributed by atoms with Crippen LogP contribution in [0.15, 0.2) is 17.1 Å². The number of urea groups is 1. The summed E-state index contributed by atoms with van der Waals surface area (Å²) in [5.74, 6) is -1.00. The van der Waals surface area contributed by atoms with E-state index < -0.39 is 5.97 Å². The molecule has 9 nitrogen and oxygen atoms in total. The Morgan fingerprint density at radius 2 is 2.05 bits per heavy atom. The Morgan fingerprint density at radius 3 is 2.70 bits per heavy atom. The first-order valence-corrected chi connectivity index (χ1v) is 6.57.